The zero-order valence-corrected chi connectivity index (χ0v) is 9.17. The molecule has 0 spiro atoms. The predicted octanol–water partition coefficient (Wildman–Crippen LogP) is 1.40. The van der Waals surface area contributed by atoms with Gasteiger partial charge >= 0.3 is 0 Å². The van der Waals surface area contributed by atoms with Crippen molar-refractivity contribution in [2.24, 2.45) is 0 Å². The molecule has 0 aliphatic carbocycles. The standard InChI is InChI=1S/C8H5IN4O/c9-8-1-2-11-13(8)5-7-3-6(4-10)12-14-7/h1-3H,5H2. The predicted molar refractivity (Wildman–Crippen MR) is 55.3 cm³/mol. The SMILES string of the molecule is N#Cc1cc(Cn2nccc2I)on1. The minimum absolute atomic E-state index is 0.294. The van der Waals surface area contributed by atoms with Crippen LogP contribution in [0.1, 0.15) is 11.5 Å². The fourth-order valence-corrected chi connectivity index (χ4v) is 1.48. The minimum Gasteiger partial charge on any atom is -0.358 e. The van der Waals surface area contributed by atoms with Gasteiger partial charge in [0.2, 0.25) is 0 Å². The Kier molecular flexibility index (Phi) is 2.49. The van der Waals surface area contributed by atoms with Crippen LogP contribution in [0.15, 0.2) is 22.9 Å². The molecule has 2 rings (SSSR count). The minimum atomic E-state index is 0.294. The van der Waals surface area contributed by atoms with Crippen molar-refractivity contribution in [2.45, 2.75) is 6.54 Å². The van der Waals surface area contributed by atoms with E-state index < -0.39 is 0 Å². The third-order valence-electron chi connectivity index (χ3n) is 1.64. The molecule has 0 aromatic carbocycles. The van der Waals surface area contributed by atoms with Gasteiger partial charge in [-0.1, -0.05) is 5.16 Å². The summed E-state index contributed by atoms with van der Waals surface area (Å²) in [6.07, 6.45) is 1.71. The van der Waals surface area contributed by atoms with E-state index in [4.69, 9.17) is 9.78 Å². The van der Waals surface area contributed by atoms with Gasteiger partial charge in [0.1, 0.15) is 12.6 Å². The summed E-state index contributed by atoms with van der Waals surface area (Å²) in [6.45, 7) is 0.500. The van der Waals surface area contributed by atoms with E-state index in [0.717, 1.165) is 3.70 Å². The van der Waals surface area contributed by atoms with Gasteiger partial charge in [0.25, 0.3) is 0 Å². The van der Waals surface area contributed by atoms with E-state index in [1.807, 2.05) is 12.1 Å². The molecule has 0 saturated heterocycles. The van der Waals surface area contributed by atoms with Crippen LogP contribution in [0.3, 0.4) is 0 Å². The smallest absolute Gasteiger partial charge is 0.183 e. The van der Waals surface area contributed by atoms with Crippen LogP contribution in [0.2, 0.25) is 0 Å². The summed E-state index contributed by atoms with van der Waals surface area (Å²) >= 11 is 2.17. The summed E-state index contributed by atoms with van der Waals surface area (Å²) in [5, 5.41) is 16.2. The molecule has 14 heavy (non-hydrogen) atoms. The highest BCUT2D eigenvalue weighted by Gasteiger charge is 2.06. The molecule has 5 nitrogen and oxygen atoms in total. The van der Waals surface area contributed by atoms with Gasteiger partial charge in [0.15, 0.2) is 11.5 Å². The average molecular weight is 300 g/mol. The Bertz CT molecular complexity index is 481. The second-order valence-electron chi connectivity index (χ2n) is 2.60. The lowest BCUT2D eigenvalue weighted by molar-refractivity contribution is 0.369. The van der Waals surface area contributed by atoms with Crippen LogP contribution >= 0.6 is 22.6 Å². The monoisotopic (exact) mass is 300 g/mol. The Hall–Kier alpha value is -1.36. The fraction of sp³-hybridized carbons (Fsp3) is 0.125. The van der Waals surface area contributed by atoms with Crippen LogP contribution in [-0.4, -0.2) is 14.9 Å². The third-order valence-corrected chi connectivity index (χ3v) is 2.56. The summed E-state index contributed by atoms with van der Waals surface area (Å²) in [5.41, 5.74) is 0.294. The summed E-state index contributed by atoms with van der Waals surface area (Å²) in [5.74, 6) is 0.628. The van der Waals surface area contributed by atoms with Crippen molar-refractivity contribution in [1.82, 2.24) is 14.9 Å². The lowest BCUT2D eigenvalue weighted by Crippen LogP contribution is -2.02. The summed E-state index contributed by atoms with van der Waals surface area (Å²) in [4.78, 5) is 0. The fourth-order valence-electron chi connectivity index (χ4n) is 1.02. The molecular weight excluding hydrogens is 295 g/mol. The quantitative estimate of drug-likeness (QED) is 0.786. The second kappa shape index (κ2) is 3.79. The Balaban J connectivity index is 2.20. The van der Waals surface area contributed by atoms with E-state index in [1.165, 1.54) is 0 Å². The van der Waals surface area contributed by atoms with Gasteiger partial charge < -0.3 is 4.52 Å². The lowest BCUT2D eigenvalue weighted by Gasteiger charge is -1.97. The van der Waals surface area contributed by atoms with Crippen molar-refractivity contribution in [2.75, 3.05) is 0 Å². The first-order valence-electron chi connectivity index (χ1n) is 3.82. The van der Waals surface area contributed by atoms with Crippen LogP contribution in [0.25, 0.3) is 0 Å². The van der Waals surface area contributed by atoms with E-state index in [-0.39, 0.29) is 0 Å². The molecule has 70 valence electrons. The van der Waals surface area contributed by atoms with Crippen molar-refractivity contribution in [1.29, 1.82) is 5.26 Å². The molecule has 0 radical (unpaired) electrons. The lowest BCUT2D eigenvalue weighted by atomic mass is 10.4. The highest BCUT2D eigenvalue weighted by atomic mass is 127. The molecule has 0 aliphatic heterocycles. The molecule has 2 aromatic rings. The highest BCUT2D eigenvalue weighted by molar-refractivity contribution is 14.1. The molecule has 0 N–H and O–H groups in total. The second-order valence-corrected chi connectivity index (χ2v) is 3.71. The molecule has 0 bridgehead atoms. The van der Waals surface area contributed by atoms with Gasteiger partial charge in [-0.05, 0) is 28.7 Å². The average Bonchev–Trinajstić information content (AvgIpc) is 2.77. The topological polar surface area (TPSA) is 67.6 Å². The molecule has 0 atom stereocenters. The molecule has 0 unspecified atom stereocenters. The Morgan fingerprint density at radius 3 is 3.07 bits per heavy atom. The highest BCUT2D eigenvalue weighted by Crippen LogP contribution is 2.08. The summed E-state index contributed by atoms with van der Waals surface area (Å²) < 4.78 is 7.72. The maximum absolute atomic E-state index is 8.54. The first-order chi connectivity index (χ1) is 6.79. The molecule has 0 fully saturated rings. The van der Waals surface area contributed by atoms with Crippen LogP contribution < -0.4 is 0 Å². The van der Waals surface area contributed by atoms with Crippen LogP contribution in [0, 0.1) is 15.0 Å². The van der Waals surface area contributed by atoms with E-state index in [2.05, 4.69) is 32.8 Å². The van der Waals surface area contributed by atoms with Gasteiger partial charge in [0, 0.05) is 6.07 Å². The Morgan fingerprint density at radius 1 is 1.64 bits per heavy atom. The number of aromatic nitrogens is 3. The Morgan fingerprint density at radius 2 is 2.50 bits per heavy atom. The number of hydrogen-bond acceptors (Lipinski definition) is 4. The Labute approximate surface area is 93.4 Å². The van der Waals surface area contributed by atoms with Crippen molar-refractivity contribution >= 4 is 22.6 Å². The molecule has 2 heterocycles. The van der Waals surface area contributed by atoms with E-state index >= 15 is 0 Å². The van der Waals surface area contributed by atoms with Gasteiger partial charge in [-0.3, -0.25) is 4.68 Å². The number of nitriles is 1. The summed E-state index contributed by atoms with van der Waals surface area (Å²) in [7, 11) is 0. The molecule has 0 aliphatic rings. The zero-order valence-electron chi connectivity index (χ0n) is 7.01. The third kappa shape index (κ3) is 1.77. The number of halogens is 1. The molecule has 6 heteroatoms. The first kappa shape index (κ1) is 9.21. The van der Waals surface area contributed by atoms with E-state index in [0.29, 0.717) is 18.0 Å². The number of hydrogen-bond donors (Lipinski definition) is 0. The normalized spacial score (nSPS) is 10.0. The maximum atomic E-state index is 8.54. The van der Waals surface area contributed by atoms with E-state index in [9.17, 15) is 0 Å². The number of nitrogens with zero attached hydrogens (tertiary/aromatic N) is 4. The van der Waals surface area contributed by atoms with Crippen LogP contribution in [0.4, 0.5) is 0 Å². The van der Waals surface area contributed by atoms with Gasteiger partial charge in [-0.15, -0.1) is 0 Å². The summed E-state index contributed by atoms with van der Waals surface area (Å²) in [6, 6.07) is 5.41. The van der Waals surface area contributed by atoms with Crippen molar-refractivity contribution in [3.8, 4) is 6.07 Å². The molecule has 0 saturated carbocycles. The van der Waals surface area contributed by atoms with Crippen molar-refractivity contribution in [3.05, 3.63) is 33.5 Å². The molecule has 2 aromatic heterocycles. The molecule has 0 amide bonds. The molecular formula is C8H5IN4O. The first-order valence-corrected chi connectivity index (χ1v) is 4.90. The van der Waals surface area contributed by atoms with Gasteiger partial charge in [0.05, 0.1) is 9.90 Å². The van der Waals surface area contributed by atoms with E-state index in [1.54, 1.807) is 16.9 Å². The zero-order chi connectivity index (χ0) is 9.97. The largest absolute Gasteiger partial charge is 0.358 e. The van der Waals surface area contributed by atoms with Crippen LogP contribution in [0.5, 0.6) is 0 Å². The van der Waals surface area contributed by atoms with Crippen LogP contribution in [-0.2, 0) is 6.54 Å². The van der Waals surface area contributed by atoms with Gasteiger partial charge in [-0.25, -0.2) is 0 Å². The van der Waals surface area contributed by atoms with Gasteiger partial charge in [-0.2, -0.15) is 10.4 Å². The van der Waals surface area contributed by atoms with Crippen molar-refractivity contribution in [3.63, 3.8) is 0 Å². The maximum Gasteiger partial charge on any atom is 0.183 e. The van der Waals surface area contributed by atoms with Crippen molar-refractivity contribution < 1.29 is 4.52 Å². The number of rotatable bonds is 2.